The minimum absolute atomic E-state index is 0.00996. The molecule has 2 rings (SSSR count). The Hall–Kier alpha value is -0.910. The molecule has 1 aliphatic rings. The highest BCUT2D eigenvalue weighted by molar-refractivity contribution is 9.10. The van der Waals surface area contributed by atoms with E-state index in [-0.39, 0.29) is 17.4 Å². The third-order valence-electron chi connectivity index (χ3n) is 4.97. The van der Waals surface area contributed by atoms with Gasteiger partial charge in [-0.1, -0.05) is 36.7 Å². The first-order valence-corrected chi connectivity index (χ1v) is 9.86. The summed E-state index contributed by atoms with van der Waals surface area (Å²) in [7, 11) is 2.10. The Morgan fingerprint density at radius 3 is 2.60 bits per heavy atom. The van der Waals surface area contributed by atoms with Crippen LogP contribution < -0.4 is 5.32 Å². The smallest absolute Gasteiger partial charge is 0.221 e. The molecule has 1 aliphatic carbocycles. The number of halogens is 1. The molecule has 0 aliphatic heterocycles. The van der Waals surface area contributed by atoms with Crippen LogP contribution in [-0.4, -0.2) is 35.1 Å². The average molecular weight is 411 g/mol. The molecule has 1 fully saturated rings. The molecule has 5 heteroatoms. The van der Waals surface area contributed by atoms with Gasteiger partial charge in [0.25, 0.3) is 0 Å². The summed E-state index contributed by atoms with van der Waals surface area (Å²) in [6, 6.07) is 4.60. The second-order valence-electron chi connectivity index (χ2n) is 8.31. The van der Waals surface area contributed by atoms with Crippen LogP contribution in [0.4, 0.5) is 5.69 Å². The number of nitrogens with one attached hydrogen (secondary N) is 1. The Labute approximate surface area is 160 Å². The summed E-state index contributed by atoms with van der Waals surface area (Å²) >= 11 is 3.71. The molecule has 4 nitrogen and oxygen atoms in total. The van der Waals surface area contributed by atoms with Crippen molar-refractivity contribution in [1.29, 1.82) is 0 Å². The molecule has 0 saturated heterocycles. The molecule has 0 aromatic heterocycles. The van der Waals surface area contributed by atoms with Crippen molar-refractivity contribution < 1.29 is 9.90 Å². The highest BCUT2D eigenvalue weighted by atomic mass is 79.9. The first-order valence-electron chi connectivity index (χ1n) is 9.06. The molecule has 1 amide bonds. The molecular formula is C20H31BrN2O2. The van der Waals surface area contributed by atoms with Crippen molar-refractivity contribution in [3.05, 3.63) is 27.7 Å². The van der Waals surface area contributed by atoms with Gasteiger partial charge in [-0.3, -0.25) is 9.69 Å². The number of hydrogen-bond acceptors (Lipinski definition) is 3. The maximum absolute atomic E-state index is 11.7. The third-order valence-corrected chi connectivity index (χ3v) is 5.63. The first kappa shape index (κ1) is 20.4. The number of anilines is 1. The normalized spacial score (nSPS) is 21.4. The zero-order valence-corrected chi connectivity index (χ0v) is 17.6. The van der Waals surface area contributed by atoms with Crippen molar-refractivity contribution in [3.63, 3.8) is 0 Å². The van der Waals surface area contributed by atoms with Crippen molar-refractivity contribution >= 4 is 27.5 Å². The van der Waals surface area contributed by atoms with Gasteiger partial charge in [0.05, 0.1) is 6.10 Å². The number of aliphatic hydroxyl groups is 1. The Morgan fingerprint density at radius 2 is 2.04 bits per heavy atom. The summed E-state index contributed by atoms with van der Waals surface area (Å²) in [4.78, 5) is 14.0. The van der Waals surface area contributed by atoms with E-state index < -0.39 is 0 Å². The number of hydrogen-bond donors (Lipinski definition) is 2. The van der Waals surface area contributed by atoms with Crippen LogP contribution in [-0.2, 0) is 16.8 Å². The molecule has 0 bridgehead atoms. The molecule has 0 heterocycles. The summed E-state index contributed by atoms with van der Waals surface area (Å²) < 4.78 is 1.07. The van der Waals surface area contributed by atoms with Gasteiger partial charge in [0.2, 0.25) is 5.91 Å². The Morgan fingerprint density at radius 1 is 1.36 bits per heavy atom. The summed E-state index contributed by atoms with van der Waals surface area (Å²) in [6.07, 6.45) is 3.73. The average Bonchev–Trinajstić information content (AvgIpc) is 2.48. The van der Waals surface area contributed by atoms with Gasteiger partial charge in [0.1, 0.15) is 0 Å². The number of nitrogens with zero attached hydrogens (tertiary/aromatic N) is 1. The predicted molar refractivity (Wildman–Crippen MR) is 107 cm³/mol. The molecule has 1 aromatic carbocycles. The Balaban J connectivity index is 2.28. The van der Waals surface area contributed by atoms with E-state index in [0.29, 0.717) is 6.04 Å². The van der Waals surface area contributed by atoms with E-state index in [9.17, 15) is 9.90 Å². The van der Waals surface area contributed by atoms with E-state index in [0.717, 1.165) is 48.0 Å². The highest BCUT2D eigenvalue weighted by Gasteiger charge is 2.25. The molecule has 25 heavy (non-hydrogen) atoms. The minimum Gasteiger partial charge on any atom is -0.393 e. The summed E-state index contributed by atoms with van der Waals surface area (Å²) in [5.41, 5.74) is 3.14. The fourth-order valence-corrected chi connectivity index (χ4v) is 4.55. The van der Waals surface area contributed by atoms with E-state index in [4.69, 9.17) is 0 Å². The monoisotopic (exact) mass is 410 g/mol. The van der Waals surface area contributed by atoms with Gasteiger partial charge in [-0.2, -0.15) is 0 Å². The number of carbonyl (C=O) groups excluding carboxylic acids is 1. The minimum atomic E-state index is -0.189. The van der Waals surface area contributed by atoms with Gasteiger partial charge < -0.3 is 10.4 Å². The number of benzene rings is 1. The number of aliphatic hydroxyl groups excluding tert-OH is 1. The lowest BCUT2D eigenvalue weighted by molar-refractivity contribution is -0.114. The Kier molecular flexibility index (Phi) is 6.68. The van der Waals surface area contributed by atoms with Crippen LogP contribution in [0.5, 0.6) is 0 Å². The fraction of sp³-hybridized carbons (Fsp3) is 0.650. The van der Waals surface area contributed by atoms with E-state index in [2.05, 4.69) is 66.1 Å². The summed E-state index contributed by atoms with van der Waals surface area (Å²) in [5.74, 6) is -0.0563. The van der Waals surface area contributed by atoms with Gasteiger partial charge >= 0.3 is 0 Å². The summed E-state index contributed by atoms with van der Waals surface area (Å²) in [6.45, 7) is 8.79. The SMILES string of the molecule is CC(=O)Nc1cc(C(C)(C)C)c(Br)cc1CN(C)[C@@H]1CCC[C@H](O)C1. The maximum Gasteiger partial charge on any atom is 0.221 e. The largest absolute Gasteiger partial charge is 0.393 e. The standard InChI is InChI=1S/C20H31BrN2O2/c1-13(24)22-19-11-17(20(2,3)4)18(21)9-14(19)12-23(5)15-7-6-8-16(25)10-15/h9,11,15-16,25H,6-8,10,12H2,1-5H3,(H,22,24)/t15-,16+/m1/s1. The molecular weight excluding hydrogens is 380 g/mol. The van der Waals surface area contributed by atoms with Crippen LogP contribution in [0.3, 0.4) is 0 Å². The van der Waals surface area contributed by atoms with Gasteiger partial charge in [-0.05, 0) is 61.4 Å². The van der Waals surface area contributed by atoms with E-state index in [1.807, 2.05) is 0 Å². The van der Waals surface area contributed by atoms with Crippen LogP contribution in [0.15, 0.2) is 16.6 Å². The number of amides is 1. The third kappa shape index (κ3) is 5.53. The van der Waals surface area contributed by atoms with Crippen LogP contribution in [0.2, 0.25) is 0 Å². The molecule has 0 unspecified atom stereocenters. The number of rotatable bonds is 4. The zero-order chi connectivity index (χ0) is 18.8. The number of carbonyl (C=O) groups is 1. The van der Waals surface area contributed by atoms with Gasteiger partial charge in [0, 0.05) is 29.7 Å². The summed E-state index contributed by atoms with van der Waals surface area (Å²) in [5, 5.41) is 12.9. The molecule has 1 aromatic rings. The quantitative estimate of drug-likeness (QED) is 0.770. The fourth-order valence-electron chi connectivity index (χ4n) is 3.56. The Bertz CT molecular complexity index is 625. The van der Waals surface area contributed by atoms with Crippen LogP contribution in [0, 0.1) is 0 Å². The van der Waals surface area contributed by atoms with Crippen LogP contribution in [0.25, 0.3) is 0 Å². The van der Waals surface area contributed by atoms with Crippen LogP contribution in [0.1, 0.15) is 64.5 Å². The molecule has 2 atom stereocenters. The van der Waals surface area contributed by atoms with Crippen molar-refractivity contribution in [2.75, 3.05) is 12.4 Å². The topological polar surface area (TPSA) is 52.6 Å². The van der Waals surface area contributed by atoms with Gasteiger partial charge in [-0.25, -0.2) is 0 Å². The lowest BCUT2D eigenvalue weighted by Gasteiger charge is -2.34. The van der Waals surface area contributed by atoms with E-state index in [1.165, 1.54) is 5.56 Å². The van der Waals surface area contributed by atoms with Crippen molar-refractivity contribution in [2.45, 2.75) is 77.5 Å². The van der Waals surface area contributed by atoms with E-state index in [1.54, 1.807) is 6.92 Å². The molecule has 2 N–H and O–H groups in total. The molecule has 140 valence electrons. The van der Waals surface area contributed by atoms with Gasteiger partial charge in [-0.15, -0.1) is 0 Å². The lowest BCUT2D eigenvalue weighted by Crippen LogP contribution is -2.37. The lowest BCUT2D eigenvalue weighted by atomic mass is 9.86. The zero-order valence-electron chi connectivity index (χ0n) is 16.0. The van der Waals surface area contributed by atoms with Crippen LogP contribution >= 0.6 is 15.9 Å². The highest BCUT2D eigenvalue weighted by Crippen LogP contribution is 2.35. The predicted octanol–water partition coefficient (Wildman–Crippen LogP) is 4.44. The second kappa shape index (κ2) is 8.19. The molecule has 1 saturated carbocycles. The van der Waals surface area contributed by atoms with Crippen molar-refractivity contribution in [1.82, 2.24) is 4.90 Å². The van der Waals surface area contributed by atoms with E-state index >= 15 is 0 Å². The second-order valence-corrected chi connectivity index (χ2v) is 9.16. The first-order chi connectivity index (χ1) is 11.6. The molecule has 0 radical (unpaired) electrons. The maximum atomic E-state index is 11.7. The van der Waals surface area contributed by atoms with Crippen molar-refractivity contribution in [2.24, 2.45) is 0 Å². The molecule has 0 spiro atoms. The van der Waals surface area contributed by atoms with Gasteiger partial charge in [0.15, 0.2) is 0 Å². The van der Waals surface area contributed by atoms with Crippen molar-refractivity contribution in [3.8, 4) is 0 Å².